The van der Waals surface area contributed by atoms with Crippen molar-refractivity contribution in [2.45, 2.75) is 288 Å². The molecule has 10 atom stereocenters. The molecule has 0 aromatic carbocycles. The Morgan fingerprint density at radius 1 is 0.476 bits per heavy atom. The lowest BCUT2D eigenvalue weighted by Gasteiger charge is -2.65. The van der Waals surface area contributed by atoms with E-state index in [0.717, 1.165) is 66.2 Å². The van der Waals surface area contributed by atoms with Gasteiger partial charge in [-0.2, -0.15) is 5.10 Å². The second-order valence-electron chi connectivity index (χ2n) is 27.0. The van der Waals surface area contributed by atoms with Crippen LogP contribution in [0.25, 0.3) is 0 Å². The van der Waals surface area contributed by atoms with Crippen LogP contribution in [0.5, 0.6) is 0 Å². The van der Waals surface area contributed by atoms with E-state index in [4.69, 9.17) is 5.10 Å². The quantitative estimate of drug-likeness (QED) is 0.264. The van der Waals surface area contributed by atoms with Crippen LogP contribution < -0.4 is 0 Å². The lowest BCUT2D eigenvalue weighted by atomic mass is 9.40. The Morgan fingerprint density at radius 2 is 1.02 bits per heavy atom. The van der Waals surface area contributed by atoms with Crippen LogP contribution in [-0.4, -0.2) is 57.0 Å². The van der Waals surface area contributed by atoms with Crippen molar-refractivity contribution < 1.29 is 5.11 Å². The van der Waals surface area contributed by atoms with Gasteiger partial charge in [0.1, 0.15) is 0 Å². The van der Waals surface area contributed by atoms with Crippen LogP contribution in [0.2, 0.25) is 0 Å². The molecule has 2 aliphatic heterocycles. The van der Waals surface area contributed by atoms with E-state index in [1.165, 1.54) is 231 Å². The van der Waals surface area contributed by atoms with Crippen LogP contribution in [-0.2, 0) is 0 Å². The number of aliphatic hydroxyl groups is 1. The molecule has 4 heteroatoms. The molecular formula is C59H99N3O. The Hall–Kier alpha value is -0.610. The maximum Gasteiger partial charge on any atom is 0.0830 e. The highest BCUT2D eigenvalue weighted by atomic mass is 16.3. The first kappa shape index (κ1) is 44.9. The van der Waals surface area contributed by atoms with Crippen LogP contribution in [0.15, 0.2) is 5.10 Å². The maximum absolute atomic E-state index is 13.7. The molecule has 11 rings (SSSR count). The largest absolute Gasteiger partial charge is 0.388 e. The second-order valence-corrected chi connectivity index (χ2v) is 27.0. The zero-order chi connectivity index (χ0) is 42.8. The lowest BCUT2D eigenvalue weighted by Crippen LogP contribution is -2.64. The summed E-state index contributed by atoms with van der Waals surface area (Å²) in [7, 11) is 0. The predicted molar refractivity (Wildman–Crippen MR) is 263 cm³/mol. The van der Waals surface area contributed by atoms with Crippen molar-refractivity contribution in [3.8, 4) is 0 Å². The Labute approximate surface area is 388 Å². The van der Waals surface area contributed by atoms with E-state index in [1.807, 2.05) is 0 Å². The summed E-state index contributed by atoms with van der Waals surface area (Å²) in [5.41, 5.74) is 2.27. The third-order valence-electron chi connectivity index (χ3n) is 24.5. The number of β-amino-alcohol motifs (C(OH)–C–C–N with tert-alkyl or cyclic N) is 1. The average Bonchev–Trinajstić information content (AvgIpc) is 3.89. The zero-order valence-electron chi connectivity index (χ0n) is 41.7. The fourth-order valence-corrected chi connectivity index (χ4v) is 20.4. The van der Waals surface area contributed by atoms with Gasteiger partial charge in [-0.15, -0.1) is 0 Å². The predicted octanol–water partition coefficient (Wildman–Crippen LogP) is 15.3. The number of rotatable bonds is 8. The molecule has 0 radical (unpaired) electrons. The fraction of sp³-hybridized carbons (Fsp3) is 0.983. The van der Waals surface area contributed by atoms with Crippen molar-refractivity contribution in [2.75, 3.05) is 6.54 Å². The van der Waals surface area contributed by atoms with E-state index < -0.39 is 5.60 Å². The highest BCUT2D eigenvalue weighted by molar-refractivity contribution is 5.88. The van der Waals surface area contributed by atoms with Gasteiger partial charge in [0.15, 0.2) is 0 Å². The number of fused-ring (bicyclic) bond motifs is 5. The smallest absolute Gasteiger partial charge is 0.0830 e. The van der Waals surface area contributed by atoms with Gasteiger partial charge in [-0.3, -0.25) is 9.91 Å². The Morgan fingerprint density at radius 3 is 1.63 bits per heavy atom. The van der Waals surface area contributed by atoms with Gasteiger partial charge in [0.05, 0.1) is 11.6 Å². The minimum Gasteiger partial charge on any atom is -0.388 e. The van der Waals surface area contributed by atoms with Crippen molar-refractivity contribution in [3.05, 3.63) is 0 Å². The summed E-state index contributed by atoms with van der Waals surface area (Å²) in [6.45, 7) is 9.13. The molecule has 11 aliphatic rings. The SMILES string of the molecule is C[C@]12CCCC[C@@]1(C)[C@H]1CC[C@@]3(C)[C@H](CC[C@@]3(O)CN3C(C4CCCCC4)CC(C4CCC(N5N=C(C6CCCCC6)C[C@H]5C5CCCCC5)CC4)CC3C3CCCCC3)[C@@H]1CC2. The maximum atomic E-state index is 13.7. The van der Waals surface area contributed by atoms with Crippen LogP contribution in [0.1, 0.15) is 258 Å². The Bertz CT molecular complexity index is 1530. The number of hydrogen-bond donors (Lipinski definition) is 1. The molecule has 0 aromatic heterocycles. The molecule has 4 nitrogen and oxygen atoms in total. The van der Waals surface area contributed by atoms with Crippen molar-refractivity contribution in [2.24, 2.45) is 74.6 Å². The summed E-state index contributed by atoms with van der Waals surface area (Å²) in [6, 6.07) is 2.80. The normalized spacial score (nSPS) is 47.8. The molecule has 2 unspecified atom stereocenters. The fourth-order valence-electron chi connectivity index (χ4n) is 20.4. The first-order valence-electron chi connectivity index (χ1n) is 29.5. The van der Waals surface area contributed by atoms with Crippen molar-refractivity contribution in [3.63, 3.8) is 0 Å². The molecule has 0 amide bonds. The van der Waals surface area contributed by atoms with Gasteiger partial charge in [0, 0.05) is 42.2 Å². The van der Waals surface area contributed by atoms with E-state index in [2.05, 4.69) is 30.7 Å². The third kappa shape index (κ3) is 8.11. The van der Waals surface area contributed by atoms with E-state index in [-0.39, 0.29) is 5.41 Å². The van der Waals surface area contributed by atoms with Crippen LogP contribution >= 0.6 is 0 Å². The van der Waals surface area contributed by atoms with Crippen LogP contribution in [0, 0.1) is 69.5 Å². The minimum atomic E-state index is -0.525. The summed E-state index contributed by atoms with van der Waals surface area (Å²) >= 11 is 0. The van der Waals surface area contributed by atoms with Gasteiger partial charge in [-0.05, 0) is 205 Å². The summed E-state index contributed by atoms with van der Waals surface area (Å²) in [5, 5.41) is 22.3. The molecular weight excluding hydrogens is 767 g/mol. The topological polar surface area (TPSA) is 39.1 Å². The summed E-state index contributed by atoms with van der Waals surface area (Å²) in [5.74, 6) is 7.65. The summed E-state index contributed by atoms with van der Waals surface area (Å²) < 4.78 is 0. The summed E-state index contributed by atoms with van der Waals surface area (Å²) in [6.07, 6.45) is 52.7. The van der Waals surface area contributed by atoms with Crippen molar-refractivity contribution in [1.82, 2.24) is 9.91 Å². The van der Waals surface area contributed by atoms with Gasteiger partial charge in [0.2, 0.25) is 0 Å². The molecule has 10 fully saturated rings. The standard InChI is InChI=1S/C59H99N3O/c1-56-33-16-17-34-57(56,2)50-31-36-58(3)51(49(50)30-35-56)32-37-59(58,63)41-61-53(44-20-10-5-11-21-44)38-47(39-54(61)45-22-12-6-13-23-45)42-26-28-48(29-27-42)62-55(46-24-14-7-15-25-46)40-52(60-62)43-18-8-4-9-19-43/h42-51,53-55,63H,4-41H2,1-3H3/t42?,47?,48?,49-,50+,51-,53?,54?,55+,56-,57+,58+,59-/m1/s1. The molecule has 0 bridgehead atoms. The molecule has 1 N–H and O–H groups in total. The number of likely N-dealkylation sites (tertiary alicyclic amines) is 1. The van der Waals surface area contributed by atoms with Crippen LogP contribution in [0.3, 0.4) is 0 Å². The Kier molecular flexibility index (Phi) is 13.1. The van der Waals surface area contributed by atoms with E-state index >= 15 is 0 Å². The van der Waals surface area contributed by atoms with Gasteiger partial charge in [0.25, 0.3) is 0 Å². The first-order valence-corrected chi connectivity index (χ1v) is 29.5. The molecule has 9 saturated carbocycles. The second kappa shape index (κ2) is 18.4. The monoisotopic (exact) mass is 866 g/mol. The highest BCUT2D eigenvalue weighted by Crippen LogP contribution is 2.71. The number of piperidine rings is 1. The minimum absolute atomic E-state index is 0.0841. The number of nitrogens with zero attached hydrogens (tertiary/aromatic N) is 3. The molecule has 0 spiro atoms. The molecule has 0 aromatic rings. The molecule has 2 heterocycles. The van der Waals surface area contributed by atoms with Gasteiger partial charge in [-0.25, -0.2) is 0 Å². The lowest BCUT2D eigenvalue weighted by molar-refractivity contribution is -0.186. The van der Waals surface area contributed by atoms with E-state index in [9.17, 15) is 5.11 Å². The van der Waals surface area contributed by atoms with Crippen LogP contribution in [0.4, 0.5) is 0 Å². The number of hydrazone groups is 1. The molecule has 9 aliphatic carbocycles. The van der Waals surface area contributed by atoms with Gasteiger partial charge in [-0.1, -0.05) is 111 Å². The summed E-state index contributed by atoms with van der Waals surface area (Å²) in [4.78, 5) is 3.20. The van der Waals surface area contributed by atoms with Gasteiger partial charge >= 0.3 is 0 Å². The highest BCUT2D eigenvalue weighted by Gasteiger charge is 2.67. The third-order valence-corrected chi connectivity index (χ3v) is 24.5. The van der Waals surface area contributed by atoms with Crippen molar-refractivity contribution in [1.29, 1.82) is 0 Å². The zero-order valence-corrected chi connectivity index (χ0v) is 41.7. The van der Waals surface area contributed by atoms with Gasteiger partial charge < -0.3 is 5.11 Å². The number of hydrogen-bond acceptors (Lipinski definition) is 4. The van der Waals surface area contributed by atoms with E-state index in [1.54, 1.807) is 5.71 Å². The van der Waals surface area contributed by atoms with E-state index in [0.29, 0.717) is 35.0 Å². The average molecular weight is 866 g/mol. The Balaban J connectivity index is 0.830. The van der Waals surface area contributed by atoms with Crippen molar-refractivity contribution >= 4 is 5.71 Å². The molecule has 63 heavy (non-hydrogen) atoms. The molecule has 356 valence electrons. The first-order chi connectivity index (χ1) is 30.7. The molecule has 1 saturated heterocycles.